The van der Waals surface area contributed by atoms with Gasteiger partial charge in [0.1, 0.15) is 5.75 Å². The monoisotopic (exact) mass is 435 g/mol. The van der Waals surface area contributed by atoms with Crippen LogP contribution in [0, 0.1) is 13.8 Å². The minimum absolute atomic E-state index is 0.140. The van der Waals surface area contributed by atoms with E-state index in [9.17, 15) is 4.79 Å². The summed E-state index contributed by atoms with van der Waals surface area (Å²) in [6.07, 6.45) is 3.50. The van der Waals surface area contributed by atoms with Gasteiger partial charge in [-0.15, -0.1) is 0 Å². The maximum Gasteiger partial charge on any atom is 0.277 e. The van der Waals surface area contributed by atoms with E-state index in [-0.39, 0.29) is 18.3 Å². The molecule has 158 valence electrons. The Labute approximate surface area is 185 Å². The number of hydrogen-bond donors (Lipinski definition) is 1. The highest BCUT2D eigenvalue weighted by Crippen LogP contribution is 2.25. The molecule has 0 spiro atoms. The van der Waals surface area contributed by atoms with Crippen LogP contribution in [0.4, 0.5) is 5.82 Å². The van der Waals surface area contributed by atoms with E-state index in [0.717, 1.165) is 11.1 Å². The molecule has 2 heterocycles. The van der Waals surface area contributed by atoms with E-state index in [0.29, 0.717) is 23.1 Å². The smallest absolute Gasteiger partial charge is 0.277 e. The molecule has 4 rings (SSSR count). The normalized spacial score (nSPS) is 10.8. The highest BCUT2D eigenvalue weighted by atomic mass is 35.5. The quantitative estimate of drug-likeness (QED) is 0.457. The number of carbonyl (C=O) groups excluding carboxylic acids is 1. The zero-order chi connectivity index (χ0) is 21.8. The zero-order valence-electron chi connectivity index (χ0n) is 17.2. The van der Waals surface area contributed by atoms with Crippen molar-refractivity contribution < 1.29 is 9.53 Å². The summed E-state index contributed by atoms with van der Waals surface area (Å²) in [5.41, 5.74) is 3.66. The lowest BCUT2D eigenvalue weighted by molar-refractivity contribution is 0.101. The Balaban J connectivity index is 1.35. The van der Waals surface area contributed by atoms with Crippen LogP contribution in [0.15, 0.2) is 67.0 Å². The van der Waals surface area contributed by atoms with Gasteiger partial charge in [-0.2, -0.15) is 10.2 Å². The standard InChI is InChI=1S/C23H22ClN5O2/c1-16-4-3-5-18(12-16)14-28-11-9-22(27-28)25-23(30)20-8-10-29(26-20)15-31-21-13-17(2)6-7-19(21)24/h3-13H,14-15H2,1-2H3,(H,25,27,30). The summed E-state index contributed by atoms with van der Waals surface area (Å²) in [6.45, 7) is 4.78. The van der Waals surface area contributed by atoms with Crippen molar-refractivity contribution in [3.8, 4) is 5.75 Å². The summed E-state index contributed by atoms with van der Waals surface area (Å²) >= 11 is 6.14. The number of rotatable bonds is 7. The Hall–Kier alpha value is -3.58. The largest absolute Gasteiger partial charge is 0.470 e. The van der Waals surface area contributed by atoms with Crippen molar-refractivity contribution in [1.29, 1.82) is 0 Å². The van der Waals surface area contributed by atoms with Crippen molar-refractivity contribution in [1.82, 2.24) is 19.6 Å². The number of nitrogens with zero attached hydrogens (tertiary/aromatic N) is 4. The number of carbonyl (C=O) groups is 1. The van der Waals surface area contributed by atoms with Crippen LogP contribution in [0.25, 0.3) is 0 Å². The van der Waals surface area contributed by atoms with Gasteiger partial charge < -0.3 is 10.1 Å². The minimum atomic E-state index is -0.340. The van der Waals surface area contributed by atoms with Gasteiger partial charge in [-0.3, -0.25) is 9.48 Å². The summed E-state index contributed by atoms with van der Waals surface area (Å²) in [7, 11) is 0. The van der Waals surface area contributed by atoms with Crippen LogP contribution in [0.1, 0.15) is 27.2 Å². The number of halogens is 1. The van der Waals surface area contributed by atoms with Gasteiger partial charge in [0.25, 0.3) is 5.91 Å². The van der Waals surface area contributed by atoms with Crippen LogP contribution in [-0.4, -0.2) is 25.5 Å². The van der Waals surface area contributed by atoms with Crippen LogP contribution in [-0.2, 0) is 13.3 Å². The molecule has 4 aromatic rings. The Morgan fingerprint density at radius 1 is 1.00 bits per heavy atom. The van der Waals surface area contributed by atoms with Crippen molar-refractivity contribution >= 4 is 23.3 Å². The fraction of sp³-hybridized carbons (Fsp3) is 0.174. The minimum Gasteiger partial charge on any atom is -0.470 e. The molecule has 0 atom stereocenters. The summed E-state index contributed by atoms with van der Waals surface area (Å²) in [5, 5.41) is 12.0. The first-order chi connectivity index (χ1) is 15.0. The lowest BCUT2D eigenvalue weighted by Crippen LogP contribution is -2.15. The van der Waals surface area contributed by atoms with Gasteiger partial charge in [0, 0.05) is 18.5 Å². The van der Waals surface area contributed by atoms with Gasteiger partial charge in [-0.25, -0.2) is 4.68 Å². The lowest BCUT2D eigenvalue weighted by atomic mass is 10.1. The molecule has 2 aromatic carbocycles. The van der Waals surface area contributed by atoms with E-state index in [1.165, 1.54) is 10.2 Å². The number of benzene rings is 2. The van der Waals surface area contributed by atoms with E-state index in [4.69, 9.17) is 16.3 Å². The zero-order valence-corrected chi connectivity index (χ0v) is 18.0. The molecule has 2 aromatic heterocycles. The number of aryl methyl sites for hydroxylation is 2. The average molecular weight is 436 g/mol. The molecule has 0 saturated heterocycles. The summed E-state index contributed by atoms with van der Waals surface area (Å²) in [5.74, 6) is 0.699. The van der Waals surface area contributed by atoms with Gasteiger partial charge in [0.2, 0.25) is 0 Å². The highest BCUT2D eigenvalue weighted by molar-refractivity contribution is 6.32. The van der Waals surface area contributed by atoms with Crippen molar-refractivity contribution in [3.63, 3.8) is 0 Å². The topological polar surface area (TPSA) is 74.0 Å². The molecule has 0 aliphatic carbocycles. The second kappa shape index (κ2) is 9.06. The summed E-state index contributed by atoms with van der Waals surface area (Å²) < 4.78 is 9.02. The fourth-order valence-corrected chi connectivity index (χ4v) is 3.28. The number of hydrogen-bond acceptors (Lipinski definition) is 4. The predicted octanol–water partition coefficient (Wildman–Crippen LogP) is 4.69. The first-order valence-electron chi connectivity index (χ1n) is 9.79. The molecule has 7 nitrogen and oxygen atoms in total. The molecule has 31 heavy (non-hydrogen) atoms. The first kappa shape index (κ1) is 20.7. The Bertz CT molecular complexity index is 1210. The second-order valence-corrected chi connectivity index (χ2v) is 7.70. The van der Waals surface area contributed by atoms with E-state index in [1.54, 1.807) is 29.1 Å². The molecular formula is C23H22ClN5O2. The van der Waals surface area contributed by atoms with Crippen molar-refractivity contribution in [2.75, 3.05) is 5.32 Å². The predicted molar refractivity (Wildman–Crippen MR) is 120 cm³/mol. The maximum atomic E-state index is 12.5. The molecule has 0 aliphatic heterocycles. The second-order valence-electron chi connectivity index (χ2n) is 7.29. The number of amides is 1. The van der Waals surface area contributed by atoms with E-state index in [2.05, 4.69) is 34.6 Å². The van der Waals surface area contributed by atoms with Crippen LogP contribution < -0.4 is 10.1 Å². The van der Waals surface area contributed by atoms with Gasteiger partial charge in [-0.05, 0) is 43.2 Å². The number of nitrogens with one attached hydrogen (secondary N) is 1. The third-order valence-electron chi connectivity index (χ3n) is 4.62. The molecular weight excluding hydrogens is 414 g/mol. The molecule has 1 N–H and O–H groups in total. The molecule has 0 radical (unpaired) electrons. The lowest BCUT2D eigenvalue weighted by Gasteiger charge is -2.08. The molecule has 0 bridgehead atoms. The van der Waals surface area contributed by atoms with E-state index < -0.39 is 0 Å². The number of ether oxygens (including phenoxy) is 1. The molecule has 1 amide bonds. The Morgan fingerprint density at radius 2 is 1.81 bits per heavy atom. The first-order valence-corrected chi connectivity index (χ1v) is 10.2. The van der Waals surface area contributed by atoms with Gasteiger partial charge in [0.05, 0.1) is 11.6 Å². The third-order valence-corrected chi connectivity index (χ3v) is 4.93. The molecule has 0 unspecified atom stereocenters. The highest BCUT2D eigenvalue weighted by Gasteiger charge is 2.12. The van der Waals surface area contributed by atoms with Crippen LogP contribution in [0.3, 0.4) is 0 Å². The summed E-state index contributed by atoms with van der Waals surface area (Å²) in [6, 6.07) is 17.2. The fourth-order valence-electron chi connectivity index (χ4n) is 3.11. The number of aromatic nitrogens is 4. The Kier molecular flexibility index (Phi) is 6.04. The maximum absolute atomic E-state index is 12.5. The van der Waals surface area contributed by atoms with Crippen molar-refractivity contribution in [3.05, 3.63) is 94.4 Å². The van der Waals surface area contributed by atoms with E-state index >= 15 is 0 Å². The molecule has 0 fully saturated rings. The van der Waals surface area contributed by atoms with Crippen LogP contribution in [0.2, 0.25) is 5.02 Å². The SMILES string of the molecule is Cc1cccc(Cn2ccc(NC(=O)c3ccn(COc4cc(C)ccc4Cl)n3)n2)c1. The molecule has 0 aliphatic rings. The summed E-state index contributed by atoms with van der Waals surface area (Å²) in [4.78, 5) is 12.5. The van der Waals surface area contributed by atoms with E-state index in [1.807, 2.05) is 37.4 Å². The van der Waals surface area contributed by atoms with Crippen LogP contribution >= 0.6 is 11.6 Å². The van der Waals surface area contributed by atoms with Gasteiger partial charge >= 0.3 is 0 Å². The van der Waals surface area contributed by atoms with Crippen molar-refractivity contribution in [2.24, 2.45) is 0 Å². The number of anilines is 1. The third kappa shape index (κ3) is 5.32. The van der Waals surface area contributed by atoms with Crippen molar-refractivity contribution in [2.45, 2.75) is 27.1 Å². The Morgan fingerprint density at radius 3 is 2.65 bits per heavy atom. The van der Waals surface area contributed by atoms with Gasteiger partial charge in [-0.1, -0.05) is 47.5 Å². The average Bonchev–Trinajstić information content (AvgIpc) is 3.38. The molecule has 8 heteroatoms. The van der Waals surface area contributed by atoms with Gasteiger partial charge in [0.15, 0.2) is 18.2 Å². The molecule has 0 saturated carbocycles. The van der Waals surface area contributed by atoms with Crippen LogP contribution in [0.5, 0.6) is 5.75 Å².